The molecule has 1 aliphatic heterocycles. The van der Waals surface area contributed by atoms with E-state index < -0.39 is 0 Å². The minimum atomic E-state index is -0.167. The second-order valence-electron chi connectivity index (χ2n) is 5.66. The molecule has 0 bridgehead atoms. The lowest BCUT2D eigenvalue weighted by Crippen LogP contribution is -2.13. The van der Waals surface area contributed by atoms with Crippen LogP contribution in [0, 0.1) is 0 Å². The van der Waals surface area contributed by atoms with E-state index in [-0.39, 0.29) is 6.29 Å². The van der Waals surface area contributed by atoms with E-state index in [1.165, 1.54) is 0 Å². The number of aromatic nitrogens is 3. The van der Waals surface area contributed by atoms with Crippen LogP contribution in [0.25, 0.3) is 17.1 Å². The van der Waals surface area contributed by atoms with Crippen molar-refractivity contribution in [2.45, 2.75) is 12.7 Å². The second kappa shape index (κ2) is 7.46. The highest BCUT2D eigenvalue weighted by atomic mass is 16.7. The molecule has 0 aliphatic carbocycles. The van der Waals surface area contributed by atoms with Gasteiger partial charge in [-0.15, -0.1) is 10.2 Å². The van der Waals surface area contributed by atoms with Crippen LogP contribution in [0.3, 0.4) is 0 Å². The molecule has 0 radical (unpaired) electrons. The van der Waals surface area contributed by atoms with Gasteiger partial charge in [0, 0.05) is 12.1 Å². The number of ether oxygens (including phenoxy) is 3. The molecule has 128 valence electrons. The summed E-state index contributed by atoms with van der Waals surface area (Å²) in [5.41, 5.74) is 1.90. The number of para-hydroxylation sites is 2. The lowest BCUT2D eigenvalue weighted by molar-refractivity contribution is -0.0531. The molecule has 1 saturated heterocycles. The second-order valence-corrected chi connectivity index (χ2v) is 5.66. The Kier molecular flexibility index (Phi) is 4.72. The van der Waals surface area contributed by atoms with Crippen molar-refractivity contribution in [3.05, 3.63) is 60.9 Å². The third-order valence-corrected chi connectivity index (χ3v) is 4.01. The highest BCUT2D eigenvalue weighted by Gasteiger charge is 2.17. The first-order valence-corrected chi connectivity index (χ1v) is 8.33. The smallest absolute Gasteiger partial charge is 0.172 e. The monoisotopic (exact) mass is 337 g/mol. The highest BCUT2D eigenvalue weighted by Crippen LogP contribution is 2.30. The first-order chi connectivity index (χ1) is 12.4. The molecule has 0 saturated carbocycles. The van der Waals surface area contributed by atoms with E-state index in [0.717, 1.165) is 22.8 Å². The lowest BCUT2D eigenvalue weighted by atomic mass is 10.2. The van der Waals surface area contributed by atoms with Gasteiger partial charge in [0.05, 0.1) is 25.4 Å². The van der Waals surface area contributed by atoms with Gasteiger partial charge in [-0.2, -0.15) is 0 Å². The molecule has 0 amide bonds. The molecule has 25 heavy (non-hydrogen) atoms. The number of hydrogen-bond donors (Lipinski definition) is 0. The first kappa shape index (κ1) is 15.8. The summed E-state index contributed by atoms with van der Waals surface area (Å²) in [5.74, 6) is 1.51. The van der Waals surface area contributed by atoms with Crippen molar-refractivity contribution >= 4 is 0 Å². The molecule has 0 atom stereocenters. The minimum absolute atomic E-state index is 0.167. The van der Waals surface area contributed by atoms with Crippen molar-refractivity contribution in [1.29, 1.82) is 0 Å². The van der Waals surface area contributed by atoms with Crippen molar-refractivity contribution in [2.24, 2.45) is 0 Å². The summed E-state index contributed by atoms with van der Waals surface area (Å²) in [6, 6.07) is 17.8. The van der Waals surface area contributed by atoms with Crippen molar-refractivity contribution in [3.8, 4) is 22.8 Å². The van der Waals surface area contributed by atoms with Gasteiger partial charge in [0.2, 0.25) is 0 Å². The Morgan fingerprint density at radius 2 is 1.76 bits per heavy atom. The van der Waals surface area contributed by atoms with Gasteiger partial charge >= 0.3 is 0 Å². The molecule has 2 heterocycles. The standard InChI is InChI=1S/C19H19N3O3/c1-2-6-15(7-3-1)22-14-20-21-19(22)16-8-4-5-9-17(16)23-11-10-18-24-12-13-25-18/h1-9,14,18H,10-13H2. The maximum atomic E-state index is 5.97. The van der Waals surface area contributed by atoms with Gasteiger partial charge < -0.3 is 14.2 Å². The van der Waals surface area contributed by atoms with Gasteiger partial charge in [-0.05, 0) is 24.3 Å². The topological polar surface area (TPSA) is 58.4 Å². The van der Waals surface area contributed by atoms with Crippen LogP contribution in [0.1, 0.15) is 6.42 Å². The zero-order chi connectivity index (χ0) is 16.9. The van der Waals surface area contributed by atoms with Crippen LogP contribution < -0.4 is 4.74 Å². The van der Waals surface area contributed by atoms with Crippen LogP contribution in [0.2, 0.25) is 0 Å². The van der Waals surface area contributed by atoms with Crippen molar-refractivity contribution in [1.82, 2.24) is 14.8 Å². The quantitative estimate of drug-likeness (QED) is 0.692. The summed E-state index contributed by atoms with van der Waals surface area (Å²) in [6.07, 6.45) is 2.24. The minimum Gasteiger partial charge on any atom is -0.493 e. The van der Waals surface area contributed by atoms with Crippen molar-refractivity contribution in [2.75, 3.05) is 19.8 Å². The maximum absolute atomic E-state index is 5.97. The van der Waals surface area contributed by atoms with E-state index in [1.807, 2.05) is 59.2 Å². The van der Waals surface area contributed by atoms with Crippen LogP contribution in [0.4, 0.5) is 0 Å². The van der Waals surface area contributed by atoms with E-state index >= 15 is 0 Å². The number of benzene rings is 2. The van der Waals surface area contributed by atoms with E-state index in [2.05, 4.69) is 10.2 Å². The highest BCUT2D eigenvalue weighted by molar-refractivity contribution is 5.65. The third-order valence-electron chi connectivity index (χ3n) is 4.01. The maximum Gasteiger partial charge on any atom is 0.172 e. The molecular weight excluding hydrogens is 318 g/mol. The molecule has 6 heteroatoms. The zero-order valence-electron chi connectivity index (χ0n) is 13.7. The third kappa shape index (κ3) is 3.55. The van der Waals surface area contributed by atoms with E-state index in [9.17, 15) is 0 Å². The van der Waals surface area contributed by atoms with Crippen LogP contribution in [0.5, 0.6) is 5.75 Å². The Bertz CT molecular complexity index is 814. The SMILES string of the molecule is c1ccc(-n2cnnc2-c2ccccc2OCCC2OCCO2)cc1. The summed E-state index contributed by atoms with van der Waals surface area (Å²) in [5, 5.41) is 8.37. The van der Waals surface area contributed by atoms with Gasteiger partial charge in [-0.1, -0.05) is 30.3 Å². The summed E-state index contributed by atoms with van der Waals surface area (Å²) in [6.45, 7) is 1.82. The van der Waals surface area contributed by atoms with Gasteiger partial charge in [0.15, 0.2) is 12.1 Å². The fourth-order valence-corrected chi connectivity index (χ4v) is 2.81. The molecule has 4 rings (SSSR count). The summed E-state index contributed by atoms with van der Waals surface area (Å²) in [7, 11) is 0. The number of rotatable bonds is 6. The Morgan fingerprint density at radius 3 is 2.60 bits per heavy atom. The van der Waals surface area contributed by atoms with E-state index in [1.54, 1.807) is 6.33 Å². The van der Waals surface area contributed by atoms with Gasteiger partial charge in [0.25, 0.3) is 0 Å². The Morgan fingerprint density at radius 1 is 1.00 bits per heavy atom. The first-order valence-electron chi connectivity index (χ1n) is 8.33. The molecule has 6 nitrogen and oxygen atoms in total. The molecule has 1 aromatic heterocycles. The molecule has 0 N–H and O–H groups in total. The van der Waals surface area contributed by atoms with E-state index in [4.69, 9.17) is 14.2 Å². The normalized spacial score (nSPS) is 14.7. The Hall–Kier alpha value is -2.70. The van der Waals surface area contributed by atoms with Gasteiger partial charge in [0.1, 0.15) is 12.1 Å². The predicted octanol–water partition coefficient (Wildman–Crippen LogP) is 3.08. The van der Waals surface area contributed by atoms with Crippen LogP contribution in [0.15, 0.2) is 60.9 Å². The molecule has 1 aliphatic rings. The number of hydrogen-bond acceptors (Lipinski definition) is 5. The zero-order valence-corrected chi connectivity index (χ0v) is 13.7. The Labute approximate surface area is 146 Å². The van der Waals surface area contributed by atoms with Crippen molar-refractivity contribution < 1.29 is 14.2 Å². The molecule has 3 aromatic rings. The largest absolute Gasteiger partial charge is 0.493 e. The Balaban J connectivity index is 1.56. The summed E-state index contributed by atoms with van der Waals surface area (Å²) in [4.78, 5) is 0. The van der Waals surface area contributed by atoms with Gasteiger partial charge in [-0.3, -0.25) is 4.57 Å². The van der Waals surface area contributed by atoms with Crippen LogP contribution in [-0.2, 0) is 9.47 Å². The van der Waals surface area contributed by atoms with Crippen LogP contribution in [-0.4, -0.2) is 40.9 Å². The number of nitrogens with zero attached hydrogens (tertiary/aromatic N) is 3. The molecular formula is C19H19N3O3. The average Bonchev–Trinajstić information content (AvgIpc) is 3.35. The lowest BCUT2D eigenvalue weighted by Gasteiger charge is -2.14. The summed E-state index contributed by atoms with van der Waals surface area (Å²) >= 11 is 0. The van der Waals surface area contributed by atoms with Crippen molar-refractivity contribution in [3.63, 3.8) is 0 Å². The van der Waals surface area contributed by atoms with Gasteiger partial charge in [-0.25, -0.2) is 0 Å². The molecule has 0 spiro atoms. The average molecular weight is 337 g/mol. The van der Waals surface area contributed by atoms with Crippen LogP contribution >= 0.6 is 0 Å². The fourth-order valence-electron chi connectivity index (χ4n) is 2.81. The predicted molar refractivity (Wildman–Crippen MR) is 92.6 cm³/mol. The summed E-state index contributed by atoms with van der Waals surface area (Å²) < 4.78 is 18.8. The fraction of sp³-hybridized carbons (Fsp3) is 0.263. The molecule has 0 unspecified atom stereocenters. The van der Waals surface area contributed by atoms with E-state index in [0.29, 0.717) is 26.2 Å². The molecule has 1 fully saturated rings. The molecule has 2 aromatic carbocycles.